The normalized spacial score (nSPS) is 21.2. The number of hydrogen-bond acceptors (Lipinski definition) is 4. The summed E-state index contributed by atoms with van der Waals surface area (Å²) in [5.41, 5.74) is 0.809. The fraction of sp³-hybridized carbons (Fsp3) is 0.667. The second-order valence-corrected chi connectivity index (χ2v) is 4.77. The zero-order valence-corrected chi connectivity index (χ0v) is 10.3. The number of nitrogens with one attached hydrogen (secondary N) is 1. The number of amides is 1. The van der Waals surface area contributed by atoms with Gasteiger partial charge in [-0.05, 0) is 12.8 Å². The molecule has 94 valence electrons. The molecule has 0 aromatic carbocycles. The Kier molecular flexibility index (Phi) is 3.78. The van der Waals surface area contributed by atoms with E-state index in [0.717, 1.165) is 25.1 Å². The van der Waals surface area contributed by atoms with Crippen LogP contribution in [0.4, 0.5) is 0 Å². The minimum absolute atomic E-state index is 0.0457. The van der Waals surface area contributed by atoms with Crippen molar-refractivity contribution in [2.75, 3.05) is 6.54 Å². The van der Waals surface area contributed by atoms with Gasteiger partial charge in [-0.25, -0.2) is 0 Å². The molecule has 1 amide bonds. The number of piperidine rings is 1. The summed E-state index contributed by atoms with van der Waals surface area (Å²) in [7, 11) is 0. The third kappa shape index (κ3) is 3.06. The second kappa shape index (κ2) is 5.31. The van der Waals surface area contributed by atoms with E-state index in [2.05, 4.69) is 24.3 Å². The smallest absolute Gasteiger partial charge is 0.240 e. The van der Waals surface area contributed by atoms with E-state index in [1.165, 1.54) is 6.26 Å². The number of aromatic nitrogens is 1. The van der Waals surface area contributed by atoms with Gasteiger partial charge in [0.25, 0.3) is 0 Å². The van der Waals surface area contributed by atoms with Crippen LogP contribution in [0.5, 0.6) is 0 Å². The Bertz CT molecular complexity index is 362. The van der Waals surface area contributed by atoms with Gasteiger partial charge in [-0.2, -0.15) is 0 Å². The summed E-state index contributed by atoms with van der Waals surface area (Å²) in [6.45, 7) is 5.47. The maximum Gasteiger partial charge on any atom is 0.240 e. The number of likely N-dealkylation sites (tertiary alicyclic amines) is 1. The summed E-state index contributed by atoms with van der Waals surface area (Å²) in [6.07, 6.45) is 3.49. The number of hydrogen-bond donors (Lipinski definition) is 1. The van der Waals surface area contributed by atoms with Gasteiger partial charge in [0.2, 0.25) is 5.91 Å². The highest BCUT2D eigenvalue weighted by atomic mass is 16.5. The van der Waals surface area contributed by atoms with E-state index in [1.54, 1.807) is 6.07 Å². The van der Waals surface area contributed by atoms with Crippen molar-refractivity contribution in [1.29, 1.82) is 0 Å². The molecule has 1 saturated heterocycles. The van der Waals surface area contributed by atoms with Gasteiger partial charge in [0.05, 0.1) is 12.6 Å². The van der Waals surface area contributed by atoms with Gasteiger partial charge < -0.3 is 14.7 Å². The molecule has 1 fully saturated rings. The molecule has 17 heavy (non-hydrogen) atoms. The molecule has 5 heteroatoms. The number of rotatable bonds is 4. The maximum atomic E-state index is 12.2. The summed E-state index contributed by atoms with van der Waals surface area (Å²) in [6, 6.07) is 2.08. The van der Waals surface area contributed by atoms with Crippen molar-refractivity contribution in [3.63, 3.8) is 0 Å². The topological polar surface area (TPSA) is 58.4 Å². The molecule has 0 aliphatic carbocycles. The minimum atomic E-state index is -0.0457. The molecule has 1 aliphatic heterocycles. The minimum Gasteiger partial charge on any atom is -0.364 e. The van der Waals surface area contributed by atoms with Gasteiger partial charge in [-0.1, -0.05) is 19.0 Å². The maximum absolute atomic E-state index is 12.2. The van der Waals surface area contributed by atoms with Crippen molar-refractivity contribution in [3.8, 4) is 0 Å². The Morgan fingerprint density at radius 1 is 1.65 bits per heavy atom. The molecule has 1 atom stereocenters. The molecule has 1 N–H and O–H groups in total. The molecule has 0 bridgehead atoms. The van der Waals surface area contributed by atoms with Crippen LogP contribution in [0, 0.1) is 0 Å². The van der Waals surface area contributed by atoms with Crippen LogP contribution < -0.4 is 5.32 Å². The molecule has 1 aliphatic rings. The van der Waals surface area contributed by atoms with Crippen molar-refractivity contribution in [2.24, 2.45) is 0 Å². The number of nitrogens with zero attached hydrogens (tertiary/aromatic N) is 2. The second-order valence-electron chi connectivity index (χ2n) is 4.77. The lowest BCUT2D eigenvalue weighted by Gasteiger charge is -2.33. The van der Waals surface area contributed by atoms with Crippen LogP contribution in [0.1, 0.15) is 32.4 Å². The van der Waals surface area contributed by atoms with Gasteiger partial charge in [0.15, 0.2) is 0 Å². The van der Waals surface area contributed by atoms with Crippen molar-refractivity contribution < 1.29 is 9.32 Å². The van der Waals surface area contributed by atoms with Crippen molar-refractivity contribution >= 4 is 5.91 Å². The first-order valence-corrected chi connectivity index (χ1v) is 6.11. The fourth-order valence-electron chi connectivity index (χ4n) is 2.17. The van der Waals surface area contributed by atoms with Crippen LogP contribution in [-0.4, -0.2) is 34.6 Å². The van der Waals surface area contributed by atoms with Crippen LogP contribution in [0.25, 0.3) is 0 Å². The van der Waals surface area contributed by atoms with Crippen molar-refractivity contribution in [3.05, 3.63) is 18.0 Å². The highest BCUT2D eigenvalue weighted by Gasteiger charge is 2.29. The van der Waals surface area contributed by atoms with Crippen LogP contribution >= 0.6 is 0 Å². The van der Waals surface area contributed by atoms with E-state index < -0.39 is 0 Å². The van der Waals surface area contributed by atoms with E-state index in [1.807, 2.05) is 4.90 Å². The number of carbonyl (C=O) groups is 1. The largest absolute Gasteiger partial charge is 0.364 e. The summed E-state index contributed by atoms with van der Waals surface area (Å²) in [5.74, 6) is 0.174. The lowest BCUT2D eigenvalue weighted by molar-refractivity contribution is -0.136. The Labute approximate surface area is 101 Å². The molecular weight excluding hydrogens is 218 g/mol. The molecule has 1 aromatic rings. The molecule has 0 radical (unpaired) electrons. The molecule has 2 heterocycles. The fourth-order valence-corrected chi connectivity index (χ4v) is 2.17. The van der Waals surface area contributed by atoms with E-state index >= 15 is 0 Å². The Morgan fingerprint density at radius 3 is 3.12 bits per heavy atom. The van der Waals surface area contributed by atoms with E-state index in [0.29, 0.717) is 12.6 Å². The van der Waals surface area contributed by atoms with Crippen LogP contribution in [0.3, 0.4) is 0 Å². The predicted molar refractivity (Wildman–Crippen MR) is 63.2 cm³/mol. The third-order valence-corrected chi connectivity index (χ3v) is 2.91. The molecule has 5 nitrogen and oxygen atoms in total. The molecule has 1 aromatic heterocycles. The van der Waals surface area contributed by atoms with Crippen molar-refractivity contribution in [1.82, 2.24) is 15.4 Å². The van der Waals surface area contributed by atoms with Crippen LogP contribution in [0.2, 0.25) is 0 Å². The van der Waals surface area contributed by atoms with E-state index in [4.69, 9.17) is 4.52 Å². The monoisotopic (exact) mass is 237 g/mol. The molecule has 1 unspecified atom stereocenters. The first kappa shape index (κ1) is 12.1. The zero-order chi connectivity index (χ0) is 12.3. The van der Waals surface area contributed by atoms with Crippen molar-refractivity contribution in [2.45, 2.75) is 45.3 Å². The van der Waals surface area contributed by atoms with Gasteiger partial charge in [-0.15, -0.1) is 0 Å². The zero-order valence-electron chi connectivity index (χ0n) is 10.3. The first-order chi connectivity index (χ1) is 8.16. The first-order valence-electron chi connectivity index (χ1n) is 6.11. The Hall–Kier alpha value is -1.36. The predicted octanol–water partition coefficient (Wildman–Crippen LogP) is 1.16. The highest BCUT2D eigenvalue weighted by Crippen LogP contribution is 2.14. The van der Waals surface area contributed by atoms with Crippen LogP contribution in [-0.2, 0) is 11.3 Å². The molecule has 0 spiro atoms. The molecule has 0 saturated carbocycles. The molecule has 2 rings (SSSR count). The average molecular weight is 237 g/mol. The van der Waals surface area contributed by atoms with Gasteiger partial charge in [0.1, 0.15) is 12.0 Å². The quantitative estimate of drug-likeness (QED) is 0.853. The van der Waals surface area contributed by atoms with E-state index in [9.17, 15) is 4.79 Å². The Balaban J connectivity index is 1.96. The van der Waals surface area contributed by atoms with Gasteiger partial charge in [0, 0.05) is 18.7 Å². The summed E-state index contributed by atoms with van der Waals surface area (Å²) in [4.78, 5) is 14.0. The molecular formula is C12H19N3O2. The Morgan fingerprint density at radius 2 is 2.47 bits per heavy atom. The highest BCUT2D eigenvalue weighted by molar-refractivity contribution is 5.82. The standard InChI is InChI=1S/C12H19N3O2/c1-9(2)13-11-4-3-6-15(12(11)16)8-10-5-7-17-14-10/h5,7,9,11,13H,3-4,6,8H2,1-2H3. The summed E-state index contributed by atoms with van der Waals surface area (Å²) in [5, 5.41) is 7.15. The lowest BCUT2D eigenvalue weighted by atomic mass is 10.0. The average Bonchev–Trinajstić information content (AvgIpc) is 2.76. The lowest BCUT2D eigenvalue weighted by Crippen LogP contribution is -2.52. The van der Waals surface area contributed by atoms with Gasteiger partial charge in [-0.3, -0.25) is 4.79 Å². The van der Waals surface area contributed by atoms with E-state index in [-0.39, 0.29) is 11.9 Å². The third-order valence-electron chi connectivity index (χ3n) is 2.91. The summed E-state index contributed by atoms with van der Waals surface area (Å²) < 4.78 is 4.78. The van der Waals surface area contributed by atoms with Crippen LogP contribution in [0.15, 0.2) is 16.9 Å². The SMILES string of the molecule is CC(C)NC1CCCN(Cc2ccon2)C1=O. The van der Waals surface area contributed by atoms with Gasteiger partial charge >= 0.3 is 0 Å². The summed E-state index contributed by atoms with van der Waals surface area (Å²) >= 11 is 0. The number of carbonyl (C=O) groups excluding carboxylic acids is 1.